The monoisotopic (exact) mass is 568 g/mol. The Labute approximate surface area is 234 Å². The molecular formula is C28H31F3N8O2. The number of aromatic amines is 1. The molecule has 1 amide bonds. The SMILES string of the molecule is CC(c1ccnc(Nc2nc3ccc(-c4cnn(CC5CCC5)c4)cc3[nH]2)c1)N1CCN(C(=O)OC(F)(F)F)CC1. The fraction of sp³-hybridized carbons (Fsp3) is 0.429. The van der Waals surface area contributed by atoms with Gasteiger partial charge in [-0.05, 0) is 61.1 Å². The Balaban J connectivity index is 1.09. The highest BCUT2D eigenvalue weighted by Gasteiger charge is 2.37. The Bertz CT molecular complexity index is 1520. The summed E-state index contributed by atoms with van der Waals surface area (Å²) in [5.74, 6) is 1.91. The number of nitrogens with zero attached hydrogens (tertiary/aromatic N) is 6. The minimum absolute atomic E-state index is 0.0391. The second kappa shape index (κ2) is 11.0. The number of carbonyl (C=O) groups is 1. The predicted molar refractivity (Wildman–Crippen MR) is 146 cm³/mol. The molecule has 41 heavy (non-hydrogen) atoms. The van der Waals surface area contributed by atoms with Crippen LogP contribution in [0.25, 0.3) is 22.2 Å². The molecule has 2 aliphatic rings. The van der Waals surface area contributed by atoms with Crippen molar-refractivity contribution in [3.63, 3.8) is 0 Å². The topological polar surface area (TPSA) is 104 Å². The van der Waals surface area contributed by atoms with Gasteiger partial charge < -0.3 is 19.9 Å². The standard InChI is InChI=1S/C28H31F3N8O2/c1-18(37-9-11-38(12-10-37)27(40)41-28(29,30)31)20-7-8-32-25(14-20)36-26-34-23-6-5-21(13-24(23)35-26)22-15-33-39(17-22)16-19-3-2-4-19/h5-8,13-15,17-19H,2-4,9-12,16H2,1H3,(H2,32,34,35,36). The van der Waals surface area contributed by atoms with Gasteiger partial charge in [0, 0.05) is 56.7 Å². The van der Waals surface area contributed by atoms with Gasteiger partial charge in [-0.2, -0.15) is 5.10 Å². The number of anilines is 2. The van der Waals surface area contributed by atoms with Gasteiger partial charge in [0.15, 0.2) is 0 Å². The molecule has 1 aromatic carbocycles. The van der Waals surface area contributed by atoms with E-state index in [0.29, 0.717) is 24.9 Å². The number of carbonyl (C=O) groups excluding carboxylic acids is 1. The molecular weight excluding hydrogens is 537 g/mol. The minimum atomic E-state index is -4.98. The number of pyridine rings is 1. The number of hydrogen-bond acceptors (Lipinski definition) is 7. The van der Waals surface area contributed by atoms with Crippen molar-refractivity contribution in [2.45, 2.75) is 45.1 Å². The van der Waals surface area contributed by atoms with Crippen LogP contribution in [-0.4, -0.2) is 73.2 Å². The smallest absolute Gasteiger partial charge is 0.356 e. The maximum absolute atomic E-state index is 12.4. The van der Waals surface area contributed by atoms with Crippen molar-refractivity contribution >= 4 is 28.9 Å². The van der Waals surface area contributed by atoms with E-state index in [4.69, 9.17) is 0 Å². The zero-order valence-electron chi connectivity index (χ0n) is 22.6. The molecule has 3 aromatic heterocycles. The first-order chi connectivity index (χ1) is 19.7. The average molecular weight is 569 g/mol. The van der Waals surface area contributed by atoms with Crippen LogP contribution in [0, 0.1) is 5.92 Å². The van der Waals surface area contributed by atoms with Crippen molar-refractivity contribution in [1.82, 2.24) is 34.5 Å². The number of benzene rings is 1. The Hall–Kier alpha value is -4.13. The Kier molecular flexibility index (Phi) is 7.28. The molecule has 216 valence electrons. The highest BCUT2D eigenvalue weighted by atomic mass is 19.4. The van der Waals surface area contributed by atoms with Crippen molar-refractivity contribution in [2.75, 3.05) is 31.5 Å². The second-order valence-electron chi connectivity index (χ2n) is 10.7. The zero-order chi connectivity index (χ0) is 28.6. The fourth-order valence-corrected chi connectivity index (χ4v) is 5.36. The lowest BCUT2D eigenvalue weighted by molar-refractivity contribution is -0.295. The maximum atomic E-state index is 12.4. The molecule has 4 heterocycles. The third-order valence-electron chi connectivity index (χ3n) is 7.95. The van der Waals surface area contributed by atoms with Crippen LogP contribution in [0.1, 0.15) is 37.8 Å². The number of hydrogen-bond donors (Lipinski definition) is 2. The van der Waals surface area contributed by atoms with Crippen molar-refractivity contribution in [3.05, 3.63) is 54.5 Å². The molecule has 1 saturated carbocycles. The van der Waals surface area contributed by atoms with E-state index in [0.717, 1.165) is 45.1 Å². The van der Waals surface area contributed by atoms with Crippen LogP contribution in [0.3, 0.4) is 0 Å². The summed E-state index contributed by atoms with van der Waals surface area (Å²) in [7, 11) is 0. The van der Waals surface area contributed by atoms with E-state index < -0.39 is 12.5 Å². The highest BCUT2D eigenvalue weighted by Crippen LogP contribution is 2.30. The van der Waals surface area contributed by atoms with Crippen LogP contribution in [-0.2, 0) is 11.3 Å². The van der Waals surface area contributed by atoms with E-state index in [1.165, 1.54) is 19.3 Å². The van der Waals surface area contributed by atoms with E-state index in [1.807, 2.05) is 42.1 Å². The van der Waals surface area contributed by atoms with Crippen molar-refractivity contribution in [2.24, 2.45) is 5.92 Å². The van der Waals surface area contributed by atoms with E-state index in [2.05, 4.69) is 47.3 Å². The first-order valence-corrected chi connectivity index (χ1v) is 13.7. The number of ether oxygens (including phenoxy) is 1. The number of aromatic nitrogens is 5. The summed E-state index contributed by atoms with van der Waals surface area (Å²) in [4.78, 5) is 27.3. The number of nitrogens with one attached hydrogen (secondary N) is 2. The lowest BCUT2D eigenvalue weighted by Gasteiger charge is -2.37. The van der Waals surface area contributed by atoms with E-state index in [9.17, 15) is 18.0 Å². The molecule has 1 saturated heterocycles. The molecule has 1 atom stereocenters. The second-order valence-corrected chi connectivity index (χ2v) is 10.7. The lowest BCUT2D eigenvalue weighted by atomic mass is 9.85. The van der Waals surface area contributed by atoms with Gasteiger partial charge in [-0.25, -0.2) is 14.8 Å². The molecule has 4 aromatic rings. The van der Waals surface area contributed by atoms with Crippen LogP contribution < -0.4 is 5.32 Å². The third kappa shape index (κ3) is 6.29. The molecule has 13 heteroatoms. The van der Waals surface area contributed by atoms with Crippen LogP contribution in [0.5, 0.6) is 0 Å². The molecule has 2 N–H and O–H groups in total. The Morgan fingerprint density at radius 2 is 1.95 bits per heavy atom. The van der Waals surface area contributed by atoms with Crippen molar-refractivity contribution in [1.29, 1.82) is 0 Å². The number of halogens is 3. The highest BCUT2D eigenvalue weighted by molar-refractivity contribution is 5.83. The summed E-state index contributed by atoms with van der Waals surface area (Å²) in [6, 6.07) is 9.86. The number of amides is 1. The molecule has 1 aliphatic carbocycles. The van der Waals surface area contributed by atoms with E-state index in [1.54, 1.807) is 6.20 Å². The molecule has 10 nitrogen and oxygen atoms in total. The molecule has 0 spiro atoms. The van der Waals surface area contributed by atoms with Crippen LogP contribution in [0.15, 0.2) is 48.9 Å². The first-order valence-electron chi connectivity index (χ1n) is 13.7. The Morgan fingerprint density at radius 1 is 1.15 bits per heavy atom. The summed E-state index contributed by atoms with van der Waals surface area (Å²) in [5.41, 5.74) is 4.82. The normalized spacial score (nSPS) is 17.4. The summed E-state index contributed by atoms with van der Waals surface area (Å²) >= 11 is 0. The average Bonchev–Trinajstić information content (AvgIpc) is 3.56. The lowest BCUT2D eigenvalue weighted by Crippen LogP contribution is -2.50. The van der Waals surface area contributed by atoms with Crippen molar-refractivity contribution < 1.29 is 22.7 Å². The van der Waals surface area contributed by atoms with Gasteiger partial charge in [-0.3, -0.25) is 9.58 Å². The number of alkyl halides is 3. The molecule has 0 bridgehead atoms. The molecule has 1 unspecified atom stereocenters. The van der Waals surface area contributed by atoms with E-state index >= 15 is 0 Å². The van der Waals surface area contributed by atoms with Gasteiger partial charge in [-0.15, -0.1) is 13.2 Å². The number of fused-ring (bicyclic) bond motifs is 1. The van der Waals surface area contributed by atoms with Gasteiger partial charge in [-0.1, -0.05) is 12.5 Å². The van der Waals surface area contributed by atoms with Crippen LogP contribution in [0.2, 0.25) is 0 Å². The predicted octanol–water partition coefficient (Wildman–Crippen LogP) is 5.70. The summed E-state index contributed by atoms with van der Waals surface area (Å²) in [5, 5.41) is 7.78. The zero-order valence-corrected chi connectivity index (χ0v) is 22.6. The first kappa shape index (κ1) is 27.1. The number of rotatable bonds is 7. The number of piperazine rings is 1. The summed E-state index contributed by atoms with van der Waals surface area (Å²) < 4.78 is 42.7. The molecule has 1 aliphatic heterocycles. The molecule has 2 fully saturated rings. The fourth-order valence-electron chi connectivity index (χ4n) is 5.36. The molecule has 0 radical (unpaired) electrons. The minimum Gasteiger partial charge on any atom is -0.356 e. The van der Waals surface area contributed by atoms with E-state index in [-0.39, 0.29) is 19.1 Å². The van der Waals surface area contributed by atoms with Gasteiger partial charge in [0.1, 0.15) is 5.82 Å². The number of H-pyrrole nitrogens is 1. The maximum Gasteiger partial charge on any atom is 0.576 e. The van der Waals surface area contributed by atoms with Gasteiger partial charge in [0.05, 0.1) is 17.2 Å². The van der Waals surface area contributed by atoms with Gasteiger partial charge >= 0.3 is 12.5 Å². The number of imidazole rings is 1. The summed E-state index contributed by atoms with van der Waals surface area (Å²) in [6.45, 7) is 4.13. The largest absolute Gasteiger partial charge is 0.576 e. The van der Waals surface area contributed by atoms with Crippen molar-refractivity contribution in [3.8, 4) is 11.1 Å². The third-order valence-corrected chi connectivity index (χ3v) is 7.95. The molecule has 6 rings (SSSR count). The van der Waals surface area contributed by atoms with Crippen LogP contribution in [0.4, 0.5) is 29.7 Å². The quantitative estimate of drug-likeness (QED) is 0.295. The summed E-state index contributed by atoms with van der Waals surface area (Å²) in [6.07, 6.45) is 3.24. The van der Waals surface area contributed by atoms with Crippen LogP contribution >= 0.6 is 0 Å². The Morgan fingerprint density at radius 3 is 2.68 bits per heavy atom. The van der Waals surface area contributed by atoms with Gasteiger partial charge in [0.2, 0.25) is 5.95 Å². The van der Waals surface area contributed by atoms with Gasteiger partial charge in [0.25, 0.3) is 0 Å².